The average molecular weight is 235 g/mol. The fraction of sp³-hybridized carbons (Fsp3) is 0.714. The topological polar surface area (TPSA) is 37.4 Å². The Kier molecular flexibility index (Phi) is 2.88. The van der Waals surface area contributed by atoms with E-state index in [4.69, 9.17) is 0 Å². The summed E-state index contributed by atoms with van der Waals surface area (Å²) in [5, 5.41) is 0. The fourth-order valence-corrected chi connectivity index (χ4v) is 3.57. The van der Waals surface area contributed by atoms with Crippen LogP contribution in [0.4, 0.5) is 0 Å². The van der Waals surface area contributed by atoms with Crippen molar-refractivity contribution < 1.29 is 9.59 Å². The van der Waals surface area contributed by atoms with Crippen LogP contribution in [-0.2, 0) is 9.59 Å². The molecule has 0 unspecified atom stereocenters. The number of fused-ring (bicyclic) bond motifs is 2. The summed E-state index contributed by atoms with van der Waals surface area (Å²) in [6.07, 6.45) is 6.93. The molecule has 0 aromatic carbocycles. The van der Waals surface area contributed by atoms with Gasteiger partial charge in [0.25, 0.3) is 0 Å². The van der Waals surface area contributed by atoms with Gasteiger partial charge in [0, 0.05) is 6.54 Å². The standard InChI is InChI=1S/C14H21NO2/c1-13(2)11-4-6-14(13,3)12(8-11)5-7-15(9-16)10-17/h8-11H,4-7H2,1-3H3/t11-,14-/m1/s1. The Morgan fingerprint density at radius 2 is 2.00 bits per heavy atom. The molecule has 3 heteroatoms. The molecule has 17 heavy (non-hydrogen) atoms. The second-order valence-corrected chi connectivity index (χ2v) is 6.09. The van der Waals surface area contributed by atoms with E-state index in [0.29, 0.717) is 30.7 Å². The van der Waals surface area contributed by atoms with Gasteiger partial charge in [-0.25, -0.2) is 0 Å². The Morgan fingerprint density at radius 3 is 2.41 bits per heavy atom. The monoisotopic (exact) mass is 235 g/mol. The van der Waals surface area contributed by atoms with Crippen LogP contribution in [0.2, 0.25) is 0 Å². The molecular formula is C14H21NO2. The van der Waals surface area contributed by atoms with E-state index >= 15 is 0 Å². The molecule has 2 atom stereocenters. The lowest BCUT2D eigenvalue weighted by Gasteiger charge is -2.38. The van der Waals surface area contributed by atoms with Crippen molar-refractivity contribution in [2.75, 3.05) is 6.54 Å². The molecule has 2 amide bonds. The predicted octanol–water partition coefficient (Wildman–Crippen LogP) is 2.37. The maximum absolute atomic E-state index is 10.6. The average Bonchev–Trinajstić information content (AvgIpc) is 2.63. The molecule has 1 fully saturated rings. The van der Waals surface area contributed by atoms with E-state index in [1.54, 1.807) is 0 Å². The predicted molar refractivity (Wildman–Crippen MR) is 66.1 cm³/mol. The van der Waals surface area contributed by atoms with Gasteiger partial charge in [0.05, 0.1) is 0 Å². The van der Waals surface area contributed by atoms with E-state index in [1.807, 2.05) is 0 Å². The first-order valence-corrected chi connectivity index (χ1v) is 6.33. The minimum atomic E-state index is 0.259. The molecule has 0 saturated heterocycles. The Morgan fingerprint density at radius 1 is 1.35 bits per heavy atom. The Hall–Kier alpha value is -1.12. The van der Waals surface area contributed by atoms with Gasteiger partial charge in [-0.15, -0.1) is 0 Å². The summed E-state index contributed by atoms with van der Waals surface area (Å²) in [6, 6.07) is 0. The quantitative estimate of drug-likeness (QED) is 0.542. The van der Waals surface area contributed by atoms with Gasteiger partial charge in [-0.2, -0.15) is 0 Å². The number of imide groups is 1. The number of carbonyl (C=O) groups excluding carboxylic acids is 2. The van der Waals surface area contributed by atoms with Crippen molar-refractivity contribution in [1.82, 2.24) is 4.90 Å². The molecule has 0 N–H and O–H groups in total. The van der Waals surface area contributed by atoms with Gasteiger partial charge in [0.1, 0.15) is 0 Å². The van der Waals surface area contributed by atoms with Crippen LogP contribution in [0.5, 0.6) is 0 Å². The number of rotatable bonds is 5. The van der Waals surface area contributed by atoms with Crippen molar-refractivity contribution in [3.63, 3.8) is 0 Å². The number of nitrogens with zero attached hydrogens (tertiary/aromatic N) is 1. The highest BCUT2D eigenvalue weighted by Gasteiger charge is 2.56. The Balaban J connectivity index is 2.07. The van der Waals surface area contributed by atoms with Crippen LogP contribution in [-0.4, -0.2) is 24.3 Å². The zero-order valence-corrected chi connectivity index (χ0v) is 10.9. The molecule has 0 aromatic rings. The maximum Gasteiger partial charge on any atom is 0.216 e. The zero-order chi connectivity index (χ0) is 12.7. The van der Waals surface area contributed by atoms with Crippen molar-refractivity contribution in [3.8, 4) is 0 Å². The molecule has 2 aliphatic carbocycles. The molecule has 0 aliphatic heterocycles. The van der Waals surface area contributed by atoms with Crippen molar-refractivity contribution in [2.24, 2.45) is 16.7 Å². The summed E-state index contributed by atoms with van der Waals surface area (Å²) in [4.78, 5) is 22.4. The number of amides is 2. The minimum absolute atomic E-state index is 0.259. The van der Waals surface area contributed by atoms with E-state index in [-0.39, 0.29) is 5.41 Å². The van der Waals surface area contributed by atoms with Gasteiger partial charge in [-0.05, 0) is 36.0 Å². The molecule has 2 aliphatic rings. The van der Waals surface area contributed by atoms with Gasteiger partial charge in [0.2, 0.25) is 12.8 Å². The first-order chi connectivity index (χ1) is 7.95. The van der Waals surface area contributed by atoms with Crippen molar-refractivity contribution in [3.05, 3.63) is 11.6 Å². The highest BCUT2D eigenvalue weighted by atomic mass is 16.2. The second kappa shape index (κ2) is 3.97. The third-order valence-electron chi connectivity index (χ3n) is 5.33. The van der Waals surface area contributed by atoms with E-state index in [0.717, 1.165) is 6.42 Å². The van der Waals surface area contributed by atoms with Gasteiger partial charge >= 0.3 is 0 Å². The normalized spacial score (nSPS) is 33.4. The van der Waals surface area contributed by atoms with Crippen LogP contribution >= 0.6 is 0 Å². The Labute approximate surface area is 103 Å². The molecule has 0 aromatic heterocycles. The summed E-state index contributed by atoms with van der Waals surface area (Å²) in [5.41, 5.74) is 2.03. The molecule has 0 heterocycles. The molecule has 0 spiro atoms. The lowest BCUT2D eigenvalue weighted by Crippen LogP contribution is -2.31. The maximum atomic E-state index is 10.6. The van der Waals surface area contributed by atoms with Crippen LogP contribution in [0.1, 0.15) is 40.0 Å². The van der Waals surface area contributed by atoms with E-state index < -0.39 is 0 Å². The van der Waals surface area contributed by atoms with Crippen molar-refractivity contribution >= 4 is 12.8 Å². The lowest BCUT2D eigenvalue weighted by molar-refractivity contribution is -0.129. The van der Waals surface area contributed by atoms with Gasteiger partial charge in [-0.3, -0.25) is 14.5 Å². The molecule has 2 bridgehead atoms. The highest BCUT2D eigenvalue weighted by molar-refractivity contribution is 5.68. The second-order valence-electron chi connectivity index (χ2n) is 6.09. The van der Waals surface area contributed by atoms with E-state index in [2.05, 4.69) is 26.8 Å². The first kappa shape index (κ1) is 12.3. The number of carbonyl (C=O) groups is 2. The molecular weight excluding hydrogens is 214 g/mol. The minimum Gasteiger partial charge on any atom is -0.288 e. The van der Waals surface area contributed by atoms with Crippen molar-refractivity contribution in [1.29, 1.82) is 0 Å². The highest BCUT2D eigenvalue weighted by Crippen LogP contribution is 2.65. The SMILES string of the molecule is CC1(C)[C@H]2C=C(CCN(C=O)C=O)[C@@]1(C)CC2. The number of hydrogen-bond acceptors (Lipinski definition) is 2. The largest absolute Gasteiger partial charge is 0.288 e. The number of allylic oxidation sites excluding steroid dienone is 1. The third kappa shape index (κ3) is 1.63. The molecule has 0 radical (unpaired) electrons. The van der Waals surface area contributed by atoms with Gasteiger partial charge in [-0.1, -0.05) is 32.4 Å². The smallest absolute Gasteiger partial charge is 0.216 e. The molecule has 1 saturated carbocycles. The van der Waals surface area contributed by atoms with Crippen molar-refractivity contribution in [2.45, 2.75) is 40.0 Å². The summed E-state index contributed by atoms with van der Waals surface area (Å²) in [7, 11) is 0. The number of hydrogen-bond donors (Lipinski definition) is 0. The third-order valence-corrected chi connectivity index (χ3v) is 5.33. The summed E-state index contributed by atoms with van der Waals surface area (Å²) >= 11 is 0. The van der Waals surface area contributed by atoms with Crippen LogP contribution in [0.3, 0.4) is 0 Å². The van der Waals surface area contributed by atoms with Gasteiger partial charge in [0.15, 0.2) is 0 Å². The van der Waals surface area contributed by atoms with Gasteiger partial charge < -0.3 is 0 Å². The van der Waals surface area contributed by atoms with Crippen LogP contribution in [0.25, 0.3) is 0 Å². The van der Waals surface area contributed by atoms with E-state index in [9.17, 15) is 9.59 Å². The van der Waals surface area contributed by atoms with E-state index in [1.165, 1.54) is 23.3 Å². The van der Waals surface area contributed by atoms with Crippen LogP contribution < -0.4 is 0 Å². The molecule has 3 nitrogen and oxygen atoms in total. The first-order valence-electron chi connectivity index (χ1n) is 6.33. The molecule has 2 rings (SSSR count). The lowest BCUT2D eigenvalue weighted by atomic mass is 9.67. The summed E-state index contributed by atoms with van der Waals surface area (Å²) < 4.78 is 0. The Bertz CT molecular complexity index is 364. The summed E-state index contributed by atoms with van der Waals surface area (Å²) in [5.74, 6) is 0.670. The van der Waals surface area contributed by atoms with Crippen LogP contribution in [0, 0.1) is 16.7 Å². The molecule has 94 valence electrons. The van der Waals surface area contributed by atoms with Crippen LogP contribution in [0.15, 0.2) is 11.6 Å². The zero-order valence-electron chi connectivity index (χ0n) is 10.9. The fourth-order valence-electron chi connectivity index (χ4n) is 3.57. The summed E-state index contributed by atoms with van der Waals surface area (Å²) in [6.45, 7) is 7.52.